The Bertz CT molecular complexity index is 1290. The van der Waals surface area contributed by atoms with Gasteiger partial charge in [-0.05, 0) is 55.0 Å². The molecule has 10 nitrogen and oxygen atoms in total. The van der Waals surface area contributed by atoms with Crippen molar-refractivity contribution in [3.05, 3.63) is 94.0 Å². The van der Waals surface area contributed by atoms with Crippen LogP contribution in [0.1, 0.15) is 12.5 Å². The van der Waals surface area contributed by atoms with Crippen LogP contribution in [-0.2, 0) is 9.59 Å². The Balaban J connectivity index is 1.41. The van der Waals surface area contributed by atoms with Crippen LogP contribution in [-0.4, -0.2) is 36.6 Å². The van der Waals surface area contributed by atoms with Crippen molar-refractivity contribution >= 4 is 29.3 Å². The largest absolute Gasteiger partial charge is 0.490 e. The normalized spacial score (nSPS) is 14.0. The van der Waals surface area contributed by atoms with Gasteiger partial charge in [0.15, 0.2) is 11.5 Å². The Morgan fingerprint density at radius 3 is 2.33 bits per heavy atom. The average molecular weight is 489 g/mol. The second-order valence-corrected chi connectivity index (χ2v) is 7.56. The quantitative estimate of drug-likeness (QED) is 0.151. The maximum absolute atomic E-state index is 12.8. The zero-order valence-electron chi connectivity index (χ0n) is 19.4. The number of para-hydroxylation sites is 1. The topological polar surface area (TPSA) is 120 Å². The van der Waals surface area contributed by atoms with Gasteiger partial charge in [0, 0.05) is 12.1 Å². The van der Waals surface area contributed by atoms with E-state index in [0.29, 0.717) is 35.1 Å². The molecule has 1 N–H and O–H groups in total. The Labute approximate surface area is 206 Å². The highest BCUT2D eigenvalue weighted by atomic mass is 16.6. The van der Waals surface area contributed by atoms with Crippen LogP contribution in [0.15, 0.2) is 78.4 Å². The maximum Gasteiger partial charge on any atom is 0.282 e. The van der Waals surface area contributed by atoms with Crippen molar-refractivity contribution in [2.45, 2.75) is 6.92 Å². The summed E-state index contributed by atoms with van der Waals surface area (Å²) in [5.74, 6) is 0.464. The van der Waals surface area contributed by atoms with Crippen molar-refractivity contribution in [3.63, 3.8) is 0 Å². The number of nitro groups is 1. The molecule has 1 heterocycles. The van der Waals surface area contributed by atoms with Gasteiger partial charge in [-0.25, -0.2) is 5.01 Å². The van der Waals surface area contributed by atoms with Gasteiger partial charge in [0.2, 0.25) is 0 Å². The molecule has 0 saturated carbocycles. The van der Waals surface area contributed by atoms with Gasteiger partial charge < -0.3 is 14.2 Å². The van der Waals surface area contributed by atoms with Crippen LogP contribution in [0.3, 0.4) is 0 Å². The van der Waals surface area contributed by atoms with E-state index in [-0.39, 0.29) is 24.5 Å². The number of ether oxygens (including phenoxy) is 3. The Hall–Kier alpha value is -4.86. The van der Waals surface area contributed by atoms with Gasteiger partial charge in [0.05, 0.1) is 17.2 Å². The molecule has 3 aromatic carbocycles. The second-order valence-electron chi connectivity index (χ2n) is 7.56. The number of nitro benzene ring substituents is 1. The first-order valence-electron chi connectivity index (χ1n) is 11.2. The van der Waals surface area contributed by atoms with Gasteiger partial charge in [0.25, 0.3) is 17.5 Å². The molecule has 1 aliphatic heterocycles. The zero-order chi connectivity index (χ0) is 25.5. The summed E-state index contributed by atoms with van der Waals surface area (Å²) in [6.45, 7) is 2.62. The summed E-state index contributed by atoms with van der Waals surface area (Å²) < 4.78 is 17.0. The molecule has 1 aliphatic rings. The number of non-ortho nitro benzene ring substituents is 1. The molecule has 36 heavy (non-hydrogen) atoms. The van der Waals surface area contributed by atoms with Crippen molar-refractivity contribution in [2.24, 2.45) is 0 Å². The fourth-order valence-corrected chi connectivity index (χ4v) is 3.46. The van der Waals surface area contributed by atoms with Crippen LogP contribution in [0.4, 0.5) is 11.4 Å². The smallest absolute Gasteiger partial charge is 0.282 e. The molecule has 0 bridgehead atoms. The molecule has 1 fully saturated rings. The highest BCUT2D eigenvalue weighted by Gasteiger charge is 2.34. The van der Waals surface area contributed by atoms with E-state index in [9.17, 15) is 19.7 Å². The molecule has 0 unspecified atom stereocenters. The number of hydrogen-bond donors (Lipinski definition) is 1. The lowest BCUT2D eigenvalue weighted by Crippen LogP contribution is -2.35. The minimum absolute atomic E-state index is 0.00599. The molecule has 4 rings (SSSR count). The molecular formula is C26H23N3O7. The summed E-state index contributed by atoms with van der Waals surface area (Å²) in [4.78, 5) is 35.5. The lowest BCUT2D eigenvalue weighted by Gasteiger charge is -2.14. The summed E-state index contributed by atoms with van der Waals surface area (Å²) in [5, 5.41) is 11.9. The van der Waals surface area contributed by atoms with Crippen molar-refractivity contribution in [1.29, 1.82) is 0 Å². The summed E-state index contributed by atoms with van der Waals surface area (Å²) in [7, 11) is 0. The SMILES string of the molecule is CCOc1cc(C=C2C(=O)NN(c3ccccc3)C2=O)ccc1OCCOc1ccc([N+](=O)[O-])cc1. The van der Waals surface area contributed by atoms with Crippen LogP contribution in [0.5, 0.6) is 17.2 Å². The number of amides is 2. The number of hydrogen-bond acceptors (Lipinski definition) is 7. The van der Waals surface area contributed by atoms with E-state index in [1.807, 2.05) is 13.0 Å². The Morgan fingerprint density at radius 2 is 1.64 bits per heavy atom. The molecule has 2 amide bonds. The monoisotopic (exact) mass is 489 g/mol. The van der Waals surface area contributed by atoms with Gasteiger partial charge in [-0.1, -0.05) is 24.3 Å². The molecule has 0 aromatic heterocycles. The third-order valence-electron chi connectivity index (χ3n) is 5.14. The van der Waals surface area contributed by atoms with E-state index in [1.165, 1.54) is 35.4 Å². The number of nitrogens with zero attached hydrogens (tertiary/aromatic N) is 2. The van der Waals surface area contributed by atoms with Crippen LogP contribution in [0, 0.1) is 10.1 Å². The van der Waals surface area contributed by atoms with Crippen LogP contribution >= 0.6 is 0 Å². The lowest BCUT2D eigenvalue weighted by atomic mass is 10.1. The summed E-state index contributed by atoms with van der Waals surface area (Å²) >= 11 is 0. The first-order valence-corrected chi connectivity index (χ1v) is 11.2. The first-order chi connectivity index (χ1) is 17.5. The first kappa shape index (κ1) is 24.3. The van der Waals surface area contributed by atoms with Gasteiger partial charge in [-0.3, -0.25) is 25.1 Å². The maximum atomic E-state index is 12.8. The zero-order valence-corrected chi connectivity index (χ0v) is 19.4. The molecule has 3 aromatic rings. The van der Waals surface area contributed by atoms with E-state index >= 15 is 0 Å². The Morgan fingerprint density at radius 1 is 0.917 bits per heavy atom. The minimum atomic E-state index is -0.495. The second kappa shape index (κ2) is 11.0. The van der Waals surface area contributed by atoms with Crippen molar-refractivity contribution in [1.82, 2.24) is 5.43 Å². The predicted molar refractivity (Wildman–Crippen MR) is 132 cm³/mol. The van der Waals surface area contributed by atoms with E-state index in [2.05, 4.69) is 5.43 Å². The molecule has 0 radical (unpaired) electrons. The van der Waals surface area contributed by atoms with Gasteiger partial charge in [0.1, 0.15) is 24.5 Å². The number of rotatable bonds is 10. The molecular weight excluding hydrogens is 466 g/mol. The van der Waals surface area contributed by atoms with Crippen molar-refractivity contribution in [2.75, 3.05) is 24.8 Å². The molecule has 0 atom stereocenters. The number of nitrogens with one attached hydrogen (secondary N) is 1. The van der Waals surface area contributed by atoms with Crippen molar-refractivity contribution in [3.8, 4) is 17.2 Å². The standard InChI is InChI=1S/C26H23N3O7/c1-2-34-24-17-18(16-22-25(30)27-28(26(22)31)19-6-4-3-5-7-19)8-13-23(24)36-15-14-35-21-11-9-20(10-12-21)29(32)33/h3-13,16-17H,2,14-15H2,1H3,(H,27,30). The highest BCUT2D eigenvalue weighted by molar-refractivity contribution is 6.31. The number of anilines is 1. The van der Waals surface area contributed by atoms with Gasteiger partial charge in [-0.15, -0.1) is 0 Å². The molecule has 1 saturated heterocycles. The summed E-state index contributed by atoms with van der Waals surface area (Å²) in [6.07, 6.45) is 1.50. The van der Waals surface area contributed by atoms with Crippen LogP contribution in [0.25, 0.3) is 6.08 Å². The molecule has 0 aliphatic carbocycles. The van der Waals surface area contributed by atoms with E-state index in [0.717, 1.165) is 0 Å². The van der Waals surface area contributed by atoms with Gasteiger partial charge in [-0.2, -0.15) is 0 Å². The number of benzene rings is 3. The van der Waals surface area contributed by atoms with Crippen LogP contribution < -0.4 is 24.6 Å². The lowest BCUT2D eigenvalue weighted by molar-refractivity contribution is -0.384. The summed E-state index contributed by atoms with van der Waals surface area (Å²) in [5.41, 5.74) is 3.73. The van der Waals surface area contributed by atoms with E-state index in [1.54, 1.807) is 42.5 Å². The van der Waals surface area contributed by atoms with E-state index in [4.69, 9.17) is 14.2 Å². The van der Waals surface area contributed by atoms with Crippen molar-refractivity contribution < 1.29 is 28.7 Å². The number of carbonyl (C=O) groups excluding carboxylic acids is 2. The van der Waals surface area contributed by atoms with Crippen LogP contribution in [0.2, 0.25) is 0 Å². The third-order valence-corrected chi connectivity index (χ3v) is 5.14. The number of carbonyl (C=O) groups is 2. The average Bonchev–Trinajstić information content (AvgIpc) is 3.17. The minimum Gasteiger partial charge on any atom is -0.490 e. The predicted octanol–water partition coefficient (Wildman–Crippen LogP) is 3.91. The van der Waals surface area contributed by atoms with Gasteiger partial charge >= 0.3 is 0 Å². The molecule has 184 valence electrons. The summed E-state index contributed by atoms with van der Waals surface area (Å²) in [6, 6.07) is 19.7. The third kappa shape index (κ3) is 5.61. The molecule has 0 spiro atoms. The number of hydrazine groups is 1. The van der Waals surface area contributed by atoms with E-state index < -0.39 is 16.7 Å². The highest BCUT2D eigenvalue weighted by Crippen LogP contribution is 2.30. The Kier molecular flexibility index (Phi) is 7.45. The fraction of sp³-hybridized carbons (Fsp3) is 0.154. The fourth-order valence-electron chi connectivity index (χ4n) is 3.46. The molecule has 10 heteroatoms.